The molecule has 0 saturated heterocycles. The predicted octanol–water partition coefficient (Wildman–Crippen LogP) is 6.86. The van der Waals surface area contributed by atoms with Gasteiger partial charge in [0.25, 0.3) is 5.91 Å². The molecular weight excluding hydrogens is 486 g/mol. The first-order chi connectivity index (χ1) is 16.0. The van der Waals surface area contributed by atoms with Crippen molar-refractivity contribution in [3.05, 3.63) is 64.5 Å². The number of nitrogens with zero attached hydrogens (tertiary/aromatic N) is 2. The van der Waals surface area contributed by atoms with Crippen molar-refractivity contribution in [3.63, 3.8) is 0 Å². The fourth-order valence-electron chi connectivity index (χ4n) is 4.20. The molecule has 0 atom stereocenters. The van der Waals surface area contributed by atoms with E-state index in [4.69, 9.17) is 9.72 Å². The summed E-state index contributed by atoms with van der Waals surface area (Å²) in [5, 5.41) is 5.08. The van der Waals surface area contributed by atoms with Crippen molar-refractivity contribution >= 4 is 56.2 Å². The van der Waals surface area contributed by atoms with Gasteiger partial charge in [0.05, 0.1) is 16.8 Å². The summed E-state index contributed by atoms with van der Waals surface area (Å²) in [6, 6.07) is 16.0. The van der Waals surface area contributed by atoms with Crippen molar-refractivity contribution in [1.82, 2.24) is 9.88 Å². The third-order valence-electron chi connectivity index (χ3n) is 5.98. The lowest BCUT2D eigenvalue weighted by molar-refractivity contribution is 0.102. The molecule has 2 aromatic heterocycles. The van der Waals surface area contributed by atoms with E-state index in [1.807, 2.05) is 49.4 Å². The number of halogens is 1. The second kappa shape index (κ2) is 10.4. The van der Waals surface area contributed by atoms with Crippen LogP contribution in [0.3, 0.4) is 0 Å². The summed E-state index contributed by atoms with van der Waals surface area (Å²) >= 11 is 3.38. The van der Waals surface area contributed by atoms with E-state index in [0.717, 1.165) is 51.0 Å². The molecule has 0 spiro atoms. The number of fused-ring (bicyclic) bond motifs is 2. The molecule has 1 amide bonds. The number of hydrogen-bond donors (Lipinski definition) is 1. The van der Waals surface area contributed by atoms with Crippen LogP contribution in [0.5, 0.6) is 5.75 Å². The molecule has 3 heterocycles. The second-order valence-corrected chi connectivity index (χ2v) is 10.6. The number of aromatic nitrogens is 1. The van der Waals surface area contributed by atoms with Gasteiger partial charge in [0.15, 0.2) is 0 Å². The average Bonchev–Trinajstić information content (AvgIpc) is 3.39. The molecule has 1 aliphatic rings. The van der Waals surface area contributed by atoms with E-state index in [9.17, 15) is 4.79 Å². The predicted molar refractivity (Wildman–Crippen MR) is 145 cm³/mol. The highest BCUT2D eigenvalue weighted by atomic mass is 35.5. The number of carbonyl (C=O) groups is 1. The van der Waals surface area contributed by atoms with Gasteiger partial charge in [-0.1, -0.05) is 12.1 Å². The van der Waals surface area contributed by atoms with Gasteiger partial charge in [-0.25, -0.2) is 4.98 Å². The van der Waals surface area contributed by atoms with Gasteiger partial charge in [0.2, 0.25) is 0 Å². The average molecular weight is 514 g/mol. The fourth-order valence-corrected chi connectivity index (χ4v) is 6.58. The normalized spacial score (nSPS) is 13.5. The molecule has 2 aromatic carbocycles. The summed E-state index contributed by atoms with van der Waals surface area (Å²) in [5.74, 6) is 0.657. The molecule has 0 bridgehead atoms. The van der Waals surface area contributed by atoms with Crippen molar-refractivity contribution in [2.24, 2.45) is 0 Å². The van der Waals surface area contributed by atoms with Crippen molar-refractivity contribution in [2.75, 3.05) is 18.5 Å². The molecule has 8 heteroatoms. The zero-order chi connectivity index (χ0) is 22.9. The van der Waals surface area contributed by atoms with E-state index < -0.39 is 0 Å². The first-order valence-corrected chi connectivity index (χ1v) is 13.0. The van der Waals surface area contributed by atoms with E-state index in [2.05, 4.69) is 30.1 Å². The zero-order valence-corrected chi connectivity index (χ0v) is 21.9. The second-order valence-electron chi connectivity index (χ2n) is 8.42. The van der Waals surface area contributed by atoms with Crippen LogP contribution in [0, 0.1) is 0 Å². The van der Waals surface area contributed by atoms with Crippen LogP contribution in [0.25, 0.3) is 20.8 Å². The molecule has 5 rings (SSSR count). The third-order valence-corrected chi connectivity index (χ3v) is 8.17. The van der Waals surface area contributed by atoms with Crippen molar-refractivity contribution in [3.8, 4) is 16.3 Å². The van der Waals surface area contributed by atoms with Crippen LogP contribution in [-0.4, -0.2) is 35.0 Å². The number of ether oxygens (including phenoxy) is 1. The molecule has 4 aromatic rings. The molecule has 0 aliphatic carbocycles. The summed E-state index contributed by atoms with van der Waals surface area (Å²) in [7, 11) is 0. The largest absolute Gasteiger partial charge is 0.494 e. The van der Waals surface area contributed by atoms with E-state index in [1.54, 1.807) is 22.7 Å². The number of carbonyl (C=O) groups excluding carboxylic acids is 1. The Morgan fingerprint density at radius 2 is 1.91 bits per heavy atom. The molecule has 0 fully saturated rings. The minimum Gasteiger partial charge on any atom is -0.494 e. The van der Waals surface area contributed by atoms with E-state index in [0.29, 0.717) is 18.2 Å². The Kier molecular flexibility index (Phi) is 7.57. The lowest BCUT2D eigenvalue weighted by Crippen LogP contribution is -2.35. The first kappa shape index (κ1) is 24.7. The maximum absolute atomic E-state index is 13.2. The minimum atomic E-state index is -0.111. The number of benzene rings is 2. The van der Waals surface area contributed by atoms with Gasteiger partial charge in [-0.05, 0) is 69.2 Å². The van der Waals surface area contributed by atoms with E-state index >= 15 is 0 Å². The Balaban J connectivity index is 0.00000274. The van der Waals surface area contributed by atoms with Gasteiger partial charge >= 0.3 is 0 Å². The highest BCUT2D eigenvalue weighted by Gasteiger charge is 2.28. The number of thiophene rings is 1. The van der Waals surface area contributed by atoms with E-state index in [-0.39, 0.29) is 18.3 Å². The van der Waals surface area contributed by atoms with Crippen LogP contribution in [0.4, 0.5) is 5.00 Å². The summed E-state index contributed by atoms with van der Waals surface area (Å²) < 4.78 is 6.67. The Hall–Kier alpha value is -2.45. The topological polar surface area (TPSA) is 54.5 Å². The van der Waals surface area contributed by atoms with E-state index in [1.165, 1.54) is 10.4 Å². The fraction of sp³-hybridized carbons (Fsp3) is 0.308. The summed E-state index contributed by atoms with van der Waals surface area (Å²) in [6.07, 6.45) is 0.966. The number of anilines is 1. The highest BCUT2D eigenvalue weighted by Crippen LogP contribution is 2.46. The van der Waals surface area contributed by atoms with Gasteiger partial charge in [-0.2, -0.15) is 0 Å². The van der Waals surface area contributed by atoms with Crippen LogP contribution >= 0.6 is 35.1 Å². The number of amides is 1. The number of nitrogens with one attached hydrogen (secondary N) is 1. The monoisotopic (exact) mass is 513 g/mol. The molecule has 5 nitrogen and oxygen atoms in total. The van der Waals surface area contributed by atoms with Crippen LogP contribution in [0.2, 0.25) is 0 Å². The van der Waals surface area contributed by atoms with Crippen molar-refractivity contribution in [1.29, 1.82) is 0 Å². The van der Waals surface area contributed by atoms with Crippen LogP contribution in [0.1, 0.15) is 41.6 Å². The number of para-hydroxylation sites is 1. The maximum Gasteiger partial charge on any atom is 0.256 e. The van der Waals surface area contributed by atoms with Gasteiger partial charge < -0.3 is 10.1 Å². The Morgan fingerprint density at radius 1 is 1.15 bits per heavy atom. The number of rotatable bonds is 6. The smallest absolute Gasteiger partial charge is 0.256 e. The molecule has 34 heavy (non-hydrogen) atoms. The number of thiazole rings is 1. The summed E-state index contributed by atoms with van der Waals surface area (Å²) in [4.78, 5) is 21.9. The van der Waals surface area contributed by atoms with Crippen molar-refractivity contribution < 1.29 is 9.53 Å². The Labute approximate surface area is 214 Å². The number of hydrogen-bond acceptors (Lipinski definition) is 6. The Morgan fingerprint density at radius 3 is 2.62 bits per heavy atom. The van der Waals surface area contributed by atoms with Gasteiger partial charge in [-0.3, -0.25) is 9.69 Å². The molecule has 178 valence electrons. The third kappa shape index (κ3) is 4.84. The van der Waals surface area contributed by atoms with Gasteiger partial charge in [-0.15, -0.1) is 35.1 Å². The summed E-state index contributed by atoms with van der Waals surface area (Å²) in [5.41, 5.74) is 4.04. The van der Waals surface area contributed by atoms with Gasteiger partial charge in [0.1, 0.15) is 15.8 Å². The van der Waals surface area contributed by atoms with Gasteiger partial charge in [0, 0.05) is 35.1 Å². The summed E-state index contributed by atoms with van der Waals surface area (Å²) in [6.45, 7) is 8.96. The SMILES string of the molecule is CCOc1ccc(C(=O)Nc2sc3c(c2-c2nc4ccccc4s2)CCN(C(C)C)C3)cc1.Cl. The first-order valence-electron chi connectivity index (χ1n) is 11.3. The van der Waals surface area contributed by atoms with Crippen molar-refractivity contribution in [2.45, 2.75) is 39.8 Å². The standard InChI is InChI=1S/C26H27N3O2S2.ClH/c1-4-31-18-11-9-17(10-12-18)24(30)28-26-23(25-27-20-7-5-6-8-21(20)32-25)19-13-14-29(16(2)3)15-22(19)33-26;/h5-12,16H,4,13-15H2,1-3H3,(H,28,30);1H. The van der Waals surface area contributed by atoms with Crippen LogP contribution < -0.4 is 10.1 Å². The lowest BCUT2D eigenvalue weighted by Gasteiger charge is -2.30. The maximum atomic E-state index is 13.2. The molecule has 1 aliphatic heterocycles. The lowest BCUT2D eigenvalue weighted by atomic mass is 10.0. The highest BCUT2D eigenvalue weighted by molar-refractivity contribution is 7.23. The molecule has 0 saturated carbocycles. The molecule has 0 unspecified atom stereocenters. The molecular formula is C26H28ClN3O2S2. The minimum absolute atomic E-state index is 0. The Bertz CT molecular complexity index is 1260. The molecule has 1 N–H and O–H groups in total. The zero-order valence-electron chi connectivity index (χ0n) is 19.5. The quantitative estimate of drug-likeness (QED) is 0.306. The van der Waals surface area contributed by atoms with Crippen LogP contribution in [0.15, 0.2) is 48.5 Å². The van der Waals surface area contributed by atoms with Crippen LogP contribution in [-0.2, 0) is 13.0 Å². The molecule has 0 radical (unpaired) electrons.